The van der Waals surface area contributed by atoms with Crippen LogP contribution in [0.1, 0.15) is 6.92 Å². The topological polar surface area (TPSA) is 32.5 Å². The largest absolute Gasteiger partial charge is 0.399 e. The summed E-state index contributed by atoms with van der Waals surface area (Å²) in [5.74, 6) is 0. The Morgan fingerprint density at radius 1 is 1.56 bits per heavy atom. The van der Waals surface area contributed by atoms with Crippen LogP contribution in [0, 0.1) is 0 Å². The first kappa shape index (κ1) is 6.42. The molecule has 0 saturated heterocycles. The molecule has 52 valence electrons. The van der Waals surface area contributed by atoms with Crippen molar-refractivity contribution in [3.05, 3.63) is 11.9 Å². The van der Waals surface area contributed by atoms with E-state index in [-0.39, 0.29) is 0 Å². The molecule has 3 nitrogen and oxygen atoms in total. The van der Waals surface area contributed by atoms with E-state index in [1.165, 1.54) is 0 Å². The van der Waals surface area contributed by atoms with Gasteiger partial charge in [-0.1, -0.05) is 0 Å². The van der Waals surface area contributed by atoms with E-state index in [1.807, 2.05) is 25.3 Å². The van der Waals surface area contributed by atoms with Gasteiger partial charge in [-0.05, 0) is 6.92 Å². The summed E-state index contributed by atoms with van der Waals surface area (Å²) in [7, 11) is 4.00. The SMILES string of the molecule is CC1C(N)=CN(C)N1C. The van der Waals surface area contributed by atoms with Gasteiger partial charge in [0.2, 0.25) is 0 Å². The predicted octanol–water partition coefficient (Wildman–Crippen LogP) is -0.0328. The van der Waals surface area contributed by atoms with Crippen molar-refractivity contribution in [2.24, 2.45) is 5.73 Å². The van der Waals surface area contributed by atoms with Crippen LogP contribution in [-0.4, -0.2) is 30.2 Å². The summed E-state index contributed by atoms with van der Waals surface area (Å²) in [5, 5.41) is 4.06. The number of nitrogens with two attached hydrogens (primary N) is 1. The fourth-order valence-electron chi connectivity index (χ4n) is 0.904. The van der Waals surface area contributed by atoms with Crippen molar-refractivity contribution in [2.45, 2.75) is 13.0 Å². The lowest BCUT2D eigenvalue weighted by atomic mass is 10.3. The highest BCUT2D eigenvalue weighted by atomic mass is 15.6. The van der Waals surface area contributed by atoms with Crippen molar-refractivity contribution in [1.82, 2.24) is 10.0 Å². The Hall–Kier alpha value is -0.700. The molecule has 0 spiro atoms. The molecular weight excluding hydrogens is 114 g/mol. The minimum Gasteiger partial charge on any atom is -0.399 e. The molecule has 9 heavy (non-hydrogen) atoms. The molecule has 1 heterocycles. The first-order valence-corrected chi connectivity index (χ1v) is 3.05. The molecule has 2 N–H and O–H groups in total. The van der Waals surface area contributed by atoms with Crippen LogP contribution in [0.2, 0.25) is 0 Å². The van der Waals surface area contributed by atoms with Crippen molar-refractivity contribution in [2.75, 3.05) is 14.1 Å². The summed E-state index contributed by atoms with van der Waals surface area (Å²) in [4.78, 5) is 0. The number of likely N-dealkylation sites (N-methyl/N-ethyl adjacent to an activating group) is 1. The van der Waals surface area contributed by atoms with Crippen LogP contribution in [0.25, 0.3) is 0 Å². The highest BCUT2D eigenvalue weighted by Gasteiger charge is 2.20. The zero-order valence-corrected chi connectivity index (χ0v) is 6.13. The molecule has 0 amide bonds. The van der Waals surface area contributed by atoms with Gasteiger partial charge in [-0.15, -0.1) is 0 Å². The number of rotatable bonds is 0. The molecule has 1 unspecified atom stereocenters. The van der Waals surface area contributed by atoms with Gasteiger partial charge < -0.3 is 10.7 Å². The van der Waals surface area contributed by atoms with Gasteiger partial charge >= 0.3 is 0 Å². The van der Waals surface area contributed by atoms with Crippen LogP contribution in [0.3, 0.4) is 0 Å². The fourth-order valence-corrected chi connectivity index (χ4v) is 0.904. The van der Waals surface area contributed by atoms with Gasteiger partial charge in [0.15, 0.2) is 0 Å². The second-order valence-corrected chi connectivity index (χ2v) is 2.45. The van der Waals surface area contributed by atoms with Gasteiger partial charge in [0.25, 0.3) is 0 Å². The summed E-state index contributed by atoms with van der Waals surface area (Å²) in [6.07, 6.45) is 1.94. The van der Waals surface area contributed by atoms with Gasteiger partial charge in [-0.3, -0.25) is 0 Å². The average Bonchev–Trinajstić information content (AvgIpc) is 1.98. The van der Waals surface area contributed by atoms with Crippen molar-refractivity contribution in [3.8, 4) is 0 Å². The maximum absolute atomic E-state index is 5.64. The van der Waals surface area contributed by atoms with E-state index in [4.69, 9.17) is 5.73 Å². The predicted molar refractivity (Wildman–Crippen MR) is 37.3 cm³/mol. The Morgan fingerprint density at radius 3 is 2.22 bits per heavy atom. The average molecular weight is 127 g/mol. The highest BCUT2D eigenvalue weighted by Crippen LogP contribution is 2.13. The Morgan fingerprint density at radius 2 is 2.11 bits per heavy atom. The third-order valence-corrected chi connectivity index (χ3v) is 1.88. The summed E-state index contributed by atoms with van der Waals surface area (Å²) < 4.78 is 0. The summed E-state index contributed by atoms with van der Waals surface area (Å²) >= 11 is 0. The summed E-state index contributed by atoms with van der Waals surface area (Å²) in [6, 6.07) is 0.356. The third-order valence-electron chi connectivity index (χ3n) is 1.88. The molecule has 1 aliphatic rings. The molecule has 1 atom stereocenters. The van der Waals surface area contributed by atoms with Crippen LogP contribution in [0.15, 0.2) is 11.9 Å². The molecule has 0 saturated carbocycles. The fraction of sp³-hybridized carbons (Fsp3) is 0.667. The maximum atomic E-state index is 5.64. The van der Waals surface area contributed by atoms with Gasteiger partial charge in [0, 0.05) is 26.0 Å². The molecular formula is C6H13N3. The molecule has 0 aromatic rings. The molecule has 0 radical (unpaired) electrons. The minimum atomic E-state index is 0.356. The van der Waals surface area contributed by atoms with Crippen LogP contribution < -0.4 is 5.73 Å². The first-order valence-electron chi connectivity index (χ1n) is 3.05. The lowest BCUT2D eigenvalue weighted by Gasteiger charge is -2.23. The minimum absolute atomic E-state index is 0.356. The normalized spacial score (nSPS) is 29.0. The van der Waals surface area contributed by atoms with Gasteiger partial charge in [0.05, 0.1) is 6.04 Å². The van der Waals surface area contributed by atoms with E-state index in [9.17, 15) is 0 Å². The molecule has 3 heteroatoms. The smallest absolute Gasteiger partial charge is 0.0670 e. The zero-order valence-electron chi connectivity index (χ0n) is 6.13. The van der Waals surface area contributed by atoms with Crippen molar-refractivity contribution in [1.29, 1.82) is 0 Å². The Kier molecular flexibility index (Phi) is 1.37. The van der Waals surface area contributed by atoms with E-state index >= 15 is 0 Å². The monoisotopic (exact) mass is 127 g/mol. The molecule has 0 bridgehead atoms. The van der Waals surface area contributed by atoms with Gasteiger partial charge in [-0.25, -0.2) is 5.01 Å². The molecule has 0 aliphatic carbocycles. The second-order valence-electron chi connectivity index (χ2n) is 2.45. The number of hydrogen-bond donors (Lipinski definition) is 1. The summed E-state index contributed by atoms with van der Waals surface area (Å²) in [5.41, 5.74) is 6.57. The standard InChI is InChI=1S/C6H13N3/c1-5-6(7)4-8(2)9(5)3/h4-5H,7H2,1-3H3. The maximum Gasteiger partial charge on any atom is 0.0670 e. The highest BCUT2D eigenvalue weighted by molar-refractivity contribution is 5.08. The molecule has 0 fully saturated rings. The van der Waals surface area contributed by atoms with Gasteiger partial charge in [-0.2, -0.15) is 0 Å². The lowest BCUT2D eigenvalue weighted by molar-refractivity contribution is 0.0790. The number of nitrogens with zero attached hydrogens (tertiary/aromatic N) is 2. The van der Waals surface area contributed by atoms with E-state index < -0.39 is 0 Å². The Balaban J connectivity index is 2.70. The first-order chi connectivity index (χ1) is 4.13. The number of hydrogen-bond acceptors (Lipinski definition) is 3. The molecule has 0 aromatic carbocycles. The van der Waals surface area contributed by atoms with Crippen molar-refractivity contribution >= 4 is 0 Å². The number of hydrazine groups is 1. The second kappa shape index (κ2) is 1.92. The van der Waals surface area contributed by atoms with Crippen molar-refractivity contribution in [3.63, 3.8) is 0 Å². The van der Waals surface area contributed by atoms with Crippen LogP contribution in [-0.2, 0) is 0 Å². The molecule has 1 aliphatic heterocycles. The van der Waals surface area contributed by atoms with Crippen molar-refractivity contribution < 1.29 is 0 Å². The Bertz CT molecular complexity index is 141. The van der Waals surface area contributed by atoms with Gasteiger partial charge in [0.1, 0.15) is 0 Å². The van der Waals surface area contributed by atoms with E-state index in [1.54, 1.807) is 0 Å². The van der Waals surface area contributed by atoms with Crippen LogP contribution in [0.4, 0.5) is 0 Å². The third kappa shape index (κ3) is 0.876. The zero-order chi connectivity index (χ0) is 7.02. The molecule has 0 aromatic heterocycles. The molecule has 1 rings (SSSR count). The van der Waals surface area contributed by atoms with Crippen LogP contribution in [0.5, 0.6) is 0 Å². The van der Waals surface area contributed by atoms with Crippen LogP contribution >= 0.6 is 0 Å². The van der Waals surface area contributed by atoms with E-state index in [0.29, 0.717) is 6.04 Å². The summed E-state index contributed by atoms with van der Waals surface area (Å²) in [6.45, 7) is 2.08. The lowest BCUT2D eigenvalue weighted by Crippen LogP contribution is -2.34. The van der Waals surface area contributed by atoms with E-state index in [0.717, 1.165) is 5.70 Å². The van der Waals surface area contributed by atoms with E-state index in [2.05, 4.69) is 11.9 Å². The Labute approximate surface area is 55.7 Å². The quantitative estimate of drug-likeness (QED) is 0.496.